The first kappa shape index (κ1) is 21.8. The lowest BCUT2D eigenvalue weighted by Gasteiger charge is -2.16. The number of anilines is 1. The number of hydrogen-bond donors (Lipinski definition) is 1. The Bertz CT molecular complexity index is 944. The summed E-state index contributed by atoms with van der Waals surface area (Å²) in [6.07, 6.45) is 1.05. The number of benzene rings is 3. The van der Waals surface area contributed by atoms with Gasteiger partial charge in [0.2, 0.25) is 0 Å². The van der Waals surface area contributed by atoms with Crippen LogP contribution in [0.25, 0.3) is 0 Å². The van der Waals surface area contributed by atoms with Gasteiger partial charge in [-0.3, -0.25) is 0 Å². The highest BCUT2D eigenvalue weighted by molar-refractivity contribution is 14.1. The lowest BCUT2D eigenvalue weighted by Crippen LogP contribution is -2.05. The summed E-state index contributed by atoms with van der Waals surface area (Å²) in [6, 6.07) is 20.4. The van der Waals surface area contributed by atoms with Crippen LogP contribution in [0.4, 0.5) is 5.69 Å². The van der Waals surface area contributed by atoms with Crippen LogP contribution < -0.4 is 14.8 Å². The first-order valence-corrected chi connectivity index (χ1v) is 11.2. The molecule has 1 N–H and O–H groups in total. The average Bonchev–Trinajstić information content (AvgIpc) is 2.72. The van der Waals surface area contributed by atoms with Crippen LogP contribution in [0.15, 0.2) is 60.7 Å². The van der Waals surface area contributed by atoms with Crippen molar-refractivity contribution in [3.8, 4) is 11.5 Å². The van der Waals surface area contributed by atoms with Crippen LogP contribution in [-0.4, -0.2) is 6.61 Å². The van der Waals surface area contributed by atoms with Gasteiger partial charge in [-0.15, -0.1) is 0 Å². The second kappa shape index (κ2) is 10.7. The van der Waals surface area contributed by atoms with Crippen molar-refractivity contribution in [3.05, 3.63) is 85.9 Å². The van der Waals surface area contributed by atoms with Crippen LogP contribution in [0, 0.1) is 3.57 Å². The van der Waals surface area contributed by atoms with E-state index in [4.69, 9.17) is 21.1 Å². The third-order valence-corrected chi connectivity index (χ3v) is 5.54. The van der Waals surface area contributed by atoms with Crippen molar-refractivity contribution >= 4 is 39.9 Å². The number of halogens is 2. The van der Waals surface area contributed by atoms with Crippen molar-refractivity contribution in [1.82, 2.24) is 0 Å². The molecule has 3 aromatic rings. The molecule has 0 aliphatic heterocycles. The summed E-state index contributed by atoms with van der Waals surface area (Å²) in [5.74, 6) is 1.53. The van der Waals surface area contributed by atoms with Gasteiger partial charge in [-0.25, -0.2) is 0 Å². The van der Waals surface area contributed by atoms with Crippen LogP contribution in [0.5, 0.6) is 11.5 Å². The zero-order valence-corrected chi connectivity index (χ0v) is 19.6. The van der Waals surface area contributed by atoms with E-state index in [9.17, 15) is 0 Å². The summed E-state index contributed by atoms with van der Waals surface area (Å²) in [4.78, 5) is 0. The summed E-state index contributed by atoms with van der Waals surface area (Å²) in [5.41, 5.74) is 4.62. The zero-order chi connectivity index (χ0) is 20.6. The van der Waals surface area contributed by atoms with Gasteiger partial charge >= 0.3 is 0 Å². The first-order valence-electron chi connectivity index (χ1n) is 9.74. The topological polar surface area (TPSA) is 30.5 Å². The Morgan fingerprint density at radius 3 is 2.38 bits per heavy atom. The number of ether oxygens (including phenoxy) is 2. The third kappa shape index (κ3) is 6.28. The molecule has 0 fully saturated rings. The molecule has 0 saturated carbocycles. The van der Waals surface area contributed by atoms with Gasteiger partial charge in [0.15, 0.2) is 11.5 Å². The van der Waals surface area contributed by atoms with Crippen molar-refractivity contribution in [2.75, 3.05) is 11.9 Å². The second-order valence-corrected chi connectivity index (χ2v) is 8.26. The quantitative estimate of drug-likeness (QED) is 0.305. The molecular formula is C24H25ClINO2. The fourth-order valence-corrected chi connectivity index (χ4v) is 4.01. The molecule has 0 atom stereocenters. The van der Waals surface area contributed by atoms with Crippen molar-refractivity contribution in [3.63, 3.8) is 0 Å². The molecule has 0 amide bonds. The molecule has 3 nitrogen and oxygen atoms in total. The lowest BCUT2D eigenvalue weighted by atomic mass is 10.1. The molecule has 0 radical (unpaired) electrons. The maximum absolute atomic E-state index is 6.09. The molecule has 0 unspecified atom stereocenters. The first-order chi connectivity index (χ1) is 14.1. The van der Waals surface area contributed by atoms with E-state index in [1.54, 1.807) is 0 Å². The Labute approximate surface area is 191 Å². The van der Waals surface area contributed by atoms with Gasteiger partial charge in [-0.05, 0) is 89.0 Å². The van der Waals surface area contributed by atoms with Crippen molar-refractivity contribution in [1.29, 1.82) is 0 Å². The monoisotopic (exact) mass is 521 g/mol. The van der Waals surface area contributed by atoms with Gasteiger partial charge in [0, 0.05) is 17.3 Å². The molecule has 0 heterocycles. The molecule has 3 rings (SSSR count). The molecule has 0 aliphatic rings. The smallest absolute Gasteiger partial charge is 0.174 e. The predicted octanol–water partition coefficient (Wildman–Crippen LogP) is 7.10. The molecule has 0 aromatic heterocycles. The van der Waals surface area contributed by atoms with E-state index < -0.39 is 0 Å². The van der Waals surface area contributed by atoms with Gasteiger partial charge in [0.25, 0.3) is 0 Å². The minimum atomic E-state index is 0.442. The second-order valence-electron chi connectivity index (χ2n) is 6.66. The molecule has 152 valence electrons. The lowest BCUT2D eigenvalue weighted by molar-refractivity contribution is 0.267. The van der Waals surface area contributed by atoms with Crippen molar-refractivity contribution in [2.45, 2.75) is 33.4 Å². The highest BCUT2D eigenvalue weighted by Gasteiger charge is 2.13. The molecule has 0 bridgehead atoms. The van der Waals surface area contributed by atoms with E-state index in [0.29, 0.717) is 18.2 Å². The van der Waals surface area contributed by atoms with E-state index in [1.807, 2.05) is 37.3 Å². The maximum atomic E-state index is 6.09. The average molecular weight is 522 g/mol. The number of hydrogen-bond acceptors (Lipinski definition) is 3. The highest BCUT2D eigenvalue weighted by Crippen LogP contribution is 2.35. The largest absolute Gasteiger partial charge is 0.490 e. The zero-order valence-electron chi connectivity index (χ0n) is 16.7. The summed E-state index contributed by atoms with van der Waals surface area (Å²) >= 11 is 8.38. The Morgan fingerprint density at radius 1 is 0.897 bits per heavy atom. The van der Waals surface area contributed by atoms with E-state index >= 15 is 0 Å². The van der Waals surface area contributed by atoms with Gasteiger partial charge in [0.1, 0.15) is 6.61 Å². The molecule has 5 heteroatoms. The summed E-state index contributed by atoms with van der Waals surface area (Å²) in [6.45, 7) is 5.89. The summed E-state index contributed by atoms with van der Waals surface area (Å²) in [5, 5.41) is 4.19. The van der Waals surface area contributed by atoms with Gasteiger partial charge in [-0.2, -0.15) is 0 Å². The number of rotatable bonds is 9. The maximum Gasteiger partial charge on any atom is 0.174 e. The number of nitrogens with one attached hydrogen (secondary N) is 1. The Balaban J connectivity index is 1.72. The van der Waals surface area contributed by atoms with Crippen molar-refractivity contribution < 1.29 is 9.47 Å². The fraction of sp³-hybridized carbons (Fsp3) is 0.250. The van der Waals surface area contributed by atoms with Gasteiger partial charge in [-0.1, -0.05) is 42.8 Å². The predicted molar refractivity (Wildman–Crippen MR) is 129 cm³/mol. The van der Waals surface area contributed by atoms with E-state index in [2.05, 4.69) is 65.2 Å². The van der Waals surface area contributed by atoms with E-state index in [1.165, 1.54) is 5.56 Å². The number of aryl methyl sites for hydroxylation is 1. The van der Waals surface area contributed by atoms with Crippen LogP contribution >= 0.6 is 34.2 Å². The van der Waals surface area contributed by atoms with E-state index in [-0.39, 0.29) is 0 Å². The standard InChI is InChI=1S/C24H25ClINO2/c1-3-17-8-10-21(11-9-17)27-15-19-13-22(26)24(23(14-19)28-4-2)29-16-18-6-5-7-20(25)12-18/h5-14,27H,3-4,15-16H2,1-2H3. The molecule has 0 saturated heterocycles. The molecule has 3 aromatic carbocycles. The van der Waals surface area contributed by atoms with Gasteiger partial charge in [0.05, 0.1) is 10.2 Å². The molecular weight excluding hydrogens is 497 g/mol. The minimum Gasteiger partial charge on any atom is -0.490 e. The highest BCUT2D eigenvalue weighted by atomic mass is 127. The Kier molecular flexibility index (Phi) is 8.07. The van der Waals surface area contributed by atoms with Crippen LogP contribution in [0.3, 0.4) is 0 Å². The Hall–Kier alpha value is -1.92. The Morgan fingerprint density at radius 2 is 1.69 bits per heavy atom. The summed E-state index contributed by atoms with van der Waals surface area (Å²) < 4.78 is 13.0. The third-order valence-electron chi connectivity index (χ3n) is 4.50. The molecule has 29 heavy (non-hydrogen) atoms. The molecule has 0 spiro atoms. The fourth-order valence-electron chi connectivity index (χ4n) is 2.97. The normalized spacial score (nSPS) is 10.6. The molecule has 0 aliphatic carbocycles. The van der Waals surface area contributed by atoms with Gasteiger partial charge < -0.3 is 14.8 Å². The van der Waals surface area contributed by atoms with E-state index in [0.717, 1.165) is 44.8 Å². The minimum absolute atomic E-state index is 0.442. The summed E-state index contributed by atoms with van der Waals surface area (Å²) in [7, 11) is 0. The van der Waals surface area contributed by atoms with Crippen LogP contribution in [-0.2, 0) is 19.6 Å². The van der Waals surface area contributed by atoms with Crippen LogP contribution in [0.1, 0.15) is 30.5 Å². The van der Waals surface area contributed by atoms with Crippen LogP contribution in [0.2, 0.25) is 5.02 Å². The van der Waals surface area contributed by atoms with Crippen molar-refractivity contribution in [2.24, 2.45) is 0 Å². The SMILES string of the molecule is CCOc1cc(CNc2ccc(CC)cc2)cc(I)c1OCc1cccc(Cl)c1.